The minimum absolute atomic E-state index is 0.000775. The van der Waals surface area contributed by atoms with Crippen molar-refractivity contribution in [1.82, 2.24) is 19.6 Å². The highest BCUT2D eigenvalue weighted by Crippen LogP contribution is 2.27. The predicted octanol–water partition coefficient (Wildman–Crippen LogP) is 4.18. The molecule has 4 rings (SSSR count). The summed E-state index contributed by atoms with van der Waals surface area (Å²) in [4.78, 5) is 19.7. The first-order valence-electron chi connectivity index (χ1n) is 9.15. The van der Waals surface area contributed by atoms with Gasteiger partial charge in [-0.1, -0.05) is 18.2 Å². The maximum absolute atomic E-state index is 12.9. The van der Waals surface area contributed by atoms with Gasteiger partial charge in [-0.3, -0.25) is 4.79 Å². The summed E-state index contributed by atoms with van der Waals surface area (Å²) in [5, 5.41) is 4.42. The Morgan fingerprint density at radius 1 is 1.20 bits per heavy atom. The van der Waals surface area contributed by atoms with Gasteiger partial charge in [-0.05, 0) is 38.0 Å². The Hall–Kier alpha value is -3.43. The molecule has 3 aromatic heterocycles. The molecule has 0 spiro atoms. The summed E-state index contributed by atoms with van der Waals surface area (Å²) < 4.78 is 50.5. The molecule has 30 heavy (non-hydrogen) atoms. The molecule has 7 nitrogen and oxygen atoms in total. The fraction of sp³-hybridized carbons (Fsp3) is 0.300. The molecule has 0 aliphatic carbocycles. The molecule has 0 saturated heterocycles. The van der Waals surface area contributed by atoms with Crippen molar-refractivity contribution in [2.75, 3.05) is 0 Å². The first-order valence-corrected chi connectivity index (χ1v) is 9.15. The Morgan fingerprint density at radius 3 is 2.70 bits per heavy atom. The third-order valence-corrected chi connectivity index (χ3v) is 4.73. The topological polar surface area (TPSA) is 82.5 Å². The maximum Gasteiger partial charge on any atom is 0.453 e. The third kappa shape index (κ3) is 3.85. The van der Waals surface area contributed by atoms with E-state index in [0.29, 0.717) is 28.3 Å². The average molecular weight is 418 g/mol. The highest BCUT2D eigenvalue weighted by Gasteiger charge is 2.37. The number of esters is 1. The van der Waals surface area contributed by atoms with Crippen molar-refractivity contribution in [2.24, 2.45) is 0 Å². The average Bonchev–Trinajstić information content (AvgIpc) is 3.29. The highest BCUT2D eigenvalue weighted by atomic mass is 19.4. The summed E-state index contributed by atoms with van der Waals surface area (Å²) in [6.07, 6.45) is -4.37. The predicted molar refractivity (Wildman–Crippen MR) is 99.6 cm³/mol. The van der Waals surface area contributed by atoms with Gasteiger partial charge < -0.3 is 9.15 Å². The van der Waals surface area contributed by atoms with Crippen LogP contribution in [0.1, 0.15) is 35.0 Å². The van der Waals surface area contributed by atoms with Crippen molar-refractivity contribution < 1.29 is 27.1 Å². The lowest BCUT2D eigenvalue weighted by Gasteiger charge is -2.10. The van der Waals surface area contributed by atoms with Crippen molar-refractivity contribution in [1.29, 1.82) is 0 Å². The van der Waals surface area contributed by atoms with E-state index in [2.05, 4.69) is 15.1 Å². The lowest BCUT2D eigenvalue weighted by molar-refractivity contribution is -0.145. The van der Waals surface area contributed by atoms with Gasteiger partial charge >= 0.3 is 12.1 Å². The molecule has 4 aromatic rings. The van der Waals surface area contributed by atoms with Gasteiger partial charge in [-0.15, -0.1) is 5.10 Å². The van der Waals surface area contributed by atoms with Gasteiger partial charge in [0.2, 0.25) is 0 Å². The van der Waals surface area contributed by atoms with Crippen molar-refractivity contribution >= 4 is 22.7 Å². The van der Waals surface area contributed by atoms with E-state index in [-0.39, 0.29) is 25.2 Å². The van der Waals surface area contributed by atoms with Gasteiger partial charge in [0, 0.05) is 23.2 Å². The molecule has 0 aliphatic rings. The van der Waals surface area contributed by atoms with Crippen LogP contribution < -0.4 is 0 Å². The Labute approximate surface area is 168 Å². The largest absolute Gasteiger partial charge is 0.457 e. The van der Waals surface area contributed by atoms with Crippen molar-refractivity contribution in [3.05, 3.63) is 58.9 Å². The summed E-state index contributed by atoms with van der Waals surface area (Å²) in [5.74, 6) is -1.31. The molecule has 0 N–H and O–H groups in total. The van der Waals surface area contributed by atoms with Gasteiger partial charge in [0.1, 0.15) is 18.0 Å². The number of hydrogen-bond acceptors (Lipinski definition) is 6. The Bertz CT molecular complexity index is 1210. The zero-order valence-corrected chi connectivity index (χ0v) is 16.2. The molecule has 0 unspecified atom stereocenters. The summed E-state index contributed by atoms with van der Waals surface area (Å²) in [6.45, 7) is 3.27. The maximum atomic E-state index is 12.9. The molecule has 1 aromatic carbocycles. The van der Waals surface area contributed by atoms with Crippen LogP contribution in [0.2, 0.25) is 0 Å². The molecular formula is C20H17F3N4O3. The van der Waals surface area contributed by atoms with Crippen LogP contribution in [-0.4, -0.2) is 25.6 Å². The Kier molecular flexibility index (Phi) is 4.92. The molecule has 3 heterocycles. The number of hydrogen-bond donors (Lipinski definition) is 0. The minimum atomic E-state index is -4.66. The summed E-state index contributed by atoms with van der Waals surface area (Å²) in [7, 11) is 0. The zero-order valence-electron chi connectivity index (χ0n) is 16.2. The van der Waals surface area contributed by atoms with Gasteiger partial charge in [-0.25, -0.2) is 9.50 Å². The van der Waals surface area contributed by atoms with E-state index >= 15 is 0 Å². The molecule has 0 saturated carbocycles. The second-order valence-corrected chi connectivity index (χ2v) is 6.82. The zero-order chi connectivity index (χ0) is 21.5. The van der Waals surface area contributed by atoms with E-state index in [1.54, 1.807) is 19.9 Å². The van der Waals surface area contributed by atoms with Crippen LogP contribution in [0.3, 0.4) is 0 Å². The van der Waals surface area contributed by atoms with Gasteiger partial charge in [-0.2, -0.15) is 18.2 Å². The molecule has 0 bridgehead atoms. The normalized spacial score (nSPS) is 12.0. The number of fused-ring (bicyclic) bond motifs is 2. The quantitative estimate of drug-likeness (QED) is 0.452. The van der Waals surface area contributed by atoms with E-state index in [1.165, 1.54) is 0 Å². The van der Waals surface area contributed by atoms with Crippen LogP contribution in [-0.2, 0) is 28.7 Å². The lowest BCUT2D eigenvalue weighted by Crippen LogP contribution is -2.11. The SMILES string of the molecule is Cc1nc2nc(C(F)(F)F)nn2c(C)c1CCC(=O)OCc1cc2ccccc2o1. The van der Waals surface area contributed by atoms with E-state index in [1.807, 2.05) is 24.3 Å². The number of aryl methyl sites for hydroxylation is 2. The molecular weight excluding hydrogens is 401 g/mol. The number of carbonyl (C=O) groups is 1. The lowest BCUT2D eigenvalue weighted by atomic mass is 10.1. The Morgan fingerprint density at radius 2 is 1.97 bits per heavy atom. The number of rotatable bonds is 5. The first-order chi connectivity index (χ1) is 14.2. The monoisotopic (exact) mass is 418 g/mol. The van der Waals surface area contributed by atoms with Crippen molar-refractivity contribution in [3.63, 3.8) is 0 Å². The number of halogens is 3. The van der Waals surface area contributed by atoms with Crippen LogP contribution in [0, 0.1) is 13.8 Å². The van der Waals surface area contributed by atoms with Crippen LogP contribution in [0.4, 0.5) is 13.2 Å². The highest BCUT2D eigenvalue weighted by molar-refractivity contribution is 5.77. The van der Waals surface area contributed by atoms with Gasteiger partial charge in [0.15, 0.2) is 0 Å². The minimum Gasteiger partial charge on any atom is -0.457 e. The number of para-hydroxylation sites is 1. The van der Waals surface area contributed by atoms with E-state index in [9.17, 15) is 18.0 Å². The van der Waals surface area contributed by atoms with Crippen LogP contribution in [0.25, 0.3) is 16.7 Å². The molecule has 10 heteroatoms. The number of nitrogens with zero attached hydrogens (tertiary/aromatic N) is 4. The fourth-order valence-corrected chi connectivity index (χ4v) is 3.25. The van der Waals surface area contributed by atoms with Crippen LogP contribution in [0.15, 0.2) is 34.7 Å². The molecule has 0 radical (unpaired) electrons. The number of benzene rings is 1. The van der Waals surface area contributed by atoms with Crippen molar-refractivity contribution in [3.8, 4) is 0 Å². The number of alkyl halides is 3. The van der Waals surface area contributed by atoms with E-state index in [0.717, 1.165) is 9.90 Å². The molecule has 0 amide bonds. The van der Waals surface area contributed by atoms with Gasteiger partial charge in [0.05, 0.1) is 0 Å². The smallest absolute Gasteiger partial charge is 0.453 e. The summed E-state index contributed by atoms with van der Waals surface area (Å²) in [6, 6.07) is 9.26. The first kappa shape index (κ1) is 19.9. The number of furan rings is 1. The van der Waals surface area contributed by atoms with Gasteiger partial charge in [0.25, 0.3) is 11.6 Å². The second-order valence-electron chi connectivity index (χ2n) is 6.82. The van der Waals surface area contributed by atoms with Crippen LogP contribution >= 0.6 is 0 Å². The summed E-state index contributed by atoms with van der Waals surface area (Å²) >= 11 is 0. The Balaban J connectivity index is 1.44. The van der Waals surface area contributed by atoms with Crippen molar-refractivity contribution in [2.45, 2.75) is 39.5 Å². The number of carbonyl (C=O) groups excluding carboxylic acids is 1. The standard InChI is InChI=1S/C20H17F3N4O3/c1-11-15(12(2)27-19(24-11)25-18(26-27)20(21,22)23)7-8-17(28)29-10-14-9-13-5-3-4-6-16(13)30-14/h3-6,9H,7-8,10H2,1-2H3. The van der Waals surface area contributed by atoms with E-state index in [4.69, 9.17) is 9.15 Å². The molecule has 0 fully saturated rings. The van der Waals surface area contributed by atoms with E-state index < -0.39 is 18.0 Å². The molecule has 0 aliphatic heterocycles. The molecule has 156 valence electrons. The molecule has 0 atom stereocenters. The second kappa shape index (κ2) is 7.43. The van der Waals surface area contributed by atoms with Crippen LogP contribution in [0.5, 0.6) is 0 Å². The number of aromatic nitrogens is 4. The summed E-state index contributed by atoms with van der Waals surface area (Å²) in [5.41, 5.74) is 2.28. The third-order valence-electron chi connectivity index (χ3n) is 4.73. The number of ether oxygens (including phenoxy) is 1. The fourth-order valence-electron chi connectivity index (χ4n) is 3.25.